The van der Waals surface area contributed by atoms with Gasteiger partial charge in [-0.15, -0.1) is 0 Å². The molecule has 0 fully saturated rings. The van der Waals surface area contributed by atoms with Crippen molar-refractivity contribution < 1.29 is 0 Å². The number of rotatable bonds is 2. The summed E-state index contributed by atoms with van der Waals surface area (Å²) in [6.45, 7) is 0.923. The van der Waals surface area contributed by atoms with Gasteiger partial charge in [-0.3, -0.25) is 14.5 Å². The van der Waals surface area contributed by atoms with Crippen molar-refractivity contribution in [2.45, 2.75) is 25.8 Å². The van der Waals surface area contributed by atoms with Gasteiger partial charge in [-0.05, 0) is 49.1 Å². The van der Waals surface area contributed by atoms with Crippen LogP contribution in [0.1, 0.15) is 18.5 Å². The van der Waals surface area contributed by atoms with Gasteiger partial charge in [-0.2, -0.15) is 5.10 Å². The Morgan fingerprint density at radius 1 is 1.07 bits per heavy atom. The zero-order valence-electron chi connectivity index (χ0n) is 15.1. The largest absolute Gasteiger partial charge is 0.302 e. The number of hydrogen-bond acceptors (Lipinski definition) is 4. The van der Waals surface area contributed by atoms with E-state index in [9.17, 15) is 4.79 Å². The van der Waals surface area contributed by atoms with Gasteiger partial charge in [0.05, 0.1) is 22.9 Å². The fourth-order valence-corrected chi connectivity index (χ4v) is 3.84. The smallest absolute Gasteiger partial charge is 0.260 e. The number of hydrogen-bond donors (Lipinski definition) is 0. The Hall–Kier alpha value is -3.28. The van der Waals surface area contributed by atoms with Crippen molar-refractivity contribution in [2.24, 2.45) is 7.05 Å². The number of fused-ring (bicyclic) bond motifs is 2. The standard InChI is InChI=1S/C21H19N5O/c1-25-13-23-16-9-8-14(12-15(16)21(25)27)19-18-7-3-5-11-26(18)24-20(19)17-6-2-4-10-22-17/h2,4,6,8-10,12-13H,3,5,7,11H2,1H3. The Labute approximate surface area is 156 Å². The maximum absolute atomic E-state index is 12.6. The molecule has 0 amide bonds. The summed E-state index contributed by atoms with van der Waals surface area (Å²) in [5.41, 5.74) is 5.71. The molecule has 0 unspecified atom stereocenters. The molecule has 0 bridgehead atoms. The van der Waals surface area contributed by atoms with Gasteiger partial charge in [-0.25, -0.2) is 4.98 Å². The van der Waals surface area contributed by atoms with Gasteiger partial charge >= 0.3 is 0 Å². The zero-order chi connectivity index (χ0) is 18.4. The molecule has 0 N–H and O–H groups in total. The predicted molar refractivity (Wildman–Crippen MR) is 104 cm³/mol. The number of nitrogens with zero attached hydrogens (tertiary/aromatic N) is 5. The molecule has 27 heavy (non-hydrogen) atoms. The summed E-state index contributed by atoms with van der Waals surface area (Å²) >= 11 is 0. The van der Waals surface area contributed by atoms with Gasteiger partial charge in [0, 0.05) is 31.0 Å². The van der Waals surface area contributed by atoms with Gasteiger partial charge < -0.3 is 4.57 Å². The summed E-state index contributed by atoms with van der Waals surface area (Å²) in [6.07, 6.45) is 6.62. The van der Waals surface area contributed by atoms with E-state index in [1.54, 1.807) is 19.6 Å². The molecule has 3 aromatic heterocycles. The van der Waals surface area contributed by atoms with E-state index in [2.05, 4.69) is 14.6 Å². The maximum atomic E-state index is 12.6. The molecule has 0 atom stereocenters. The minimum Gasteiger partial charge on any atom is -0.302 e. The van der Waals surface area contributed by atoms with E-state index in [1.165, 1.54) is 10.3 Å². The fraction of sp³-hybridized carbons (Fsp3) is 0.238. The van der Waals surface area contributed by atoms with Crippen molar-refractivity contribution in [2.75, 3.05) is 0 Å². The van der Waals surface area contributed by atoms with Crippen molar-refractivity contribution in [3.63, 3.8) is 0 Å². The third-order valence-electron chi connectivity index (χ3n) is 5.20. The third-order valence-corrected chi connectivity index (χ3v) is 5.20. The predicted octanol–water partition coefficient (Wildman–Crippen LogP) is 3.20. The minimum atomic E-state index is -0.0396. The highest BCUT2D eigenvalue weighted by Gasteiger charge is 2.23. The van der Waals surface area contributed by atoms with Crippen LogP contribution in [0.4, 0.5) is 0 Å². The molecular weight excluding hydrogens is 338 g/mol. The topological polar surface area (TPSA) is 65.6 Å². The zero-order valence-corrected chi connectivity index (χ0v) is 15.1. The Balaban J connectivity index is 1.80. The van der Waals surface area contributed by atoms with Crippen LogP contribution in [-0.4, -0.2) is 24.3 Å². The third kappa shape index (κ3) is 2.56. The van der Waals surface area contributed by atoms with Gasteiger partial charge in [0.1, 0.15) is 5.69 Å². The van der Waals surface area contributed by atoms with Gasteiger partial charge in [0.2, 0.25) is 0 Å². The van der Waals surface area contributed by atoms with Crippen LogP contribution in [0.5, 0.6) is 0 Å². The Morgan fingerprint density at radius 2 is 2.00 bits per heavy atom. The molecule has 4 heterocycles. The van der Waals surface area contributed by atoms with Crippen molar-refractivity contribution in [3.8, 4) is 22.5 Å². The summed E-state index contributed by atoms with van der Waals surface area (Å²) in [5, 5.41) is 5.50. The molecule has 0 saturated carbocycles. The summed E-state index contributed by atoms with van der Waals surface area (Å²) in [4.78, 5) is 21.5. The lowest BCUT2D eigenvalue weighted by atomic mass is 9.96. The maximum Gasteiger partial charge on any atom is 0.260 e. The molecule has 6 heteroatoms. The summed E-state index contributed by atoms with van der Waals surface area (Å²) < 4.78 is 3.62. The molecule has 6 nitrogen and oxygen atoms in total. The lowest BCUT2D eigenvalue weighted by molar-refractivity contribution is 0.487. The van der Waals surface area contributed by atoms with Crippen molar-refractivity contribution in [1.82, 2.24) is 24.3 Å². The van der Waals surface area contributed by atoms with Crippen LogP contribution in [-0.2, 0) is 20.0 Å². The lowest BCUT2D eigenvalue weighted by Gasteiger charge is -2.15. The normalized spacial score (nSPS) is 13.7. The van der Waals surface area contributed by atoms with Gasteiger partial charge in [0.15, 0.2) is 0 Å². The Morgan fingerprint density at radius 3 is 2.85 bits per heavy atom. The molecule has 0 radical (unpaired) electrons. The quantitative estimate of drug-likeness (QED) is 0.553. The highest BCUT2D eigenvalue weighted by Crippen LogP contribution is 2.36. The van der Waals surface area contributed by atoms with Crippen LogP contribution in [0.25, 0.3) is 33.4 Å². The van der Waals surface area contributed by atoms with Crippen LogP contribution < -0.4 is 5.56 Å². The van der Waals surface area contributed by atoms with Crippen molar-refractivity contribution in [1.29, 1.82) is 0 Å². The highest BCUT2D eigenvalue weighted by atomic mass is 16.1. The molecule has 5 rings (SSSR count). The minimum absolute atomic E-state index is 0.0396. The van der Waals surface area contributed by atoms with Gasteiger partial charge in [-0.1, -0.05) is 12.1 Å². The number of aryl methyl sites for hydroxylation is 2. The average Bonchev–Trinajstić information content (AvgIpc) is 3.11. The fourth-order valence-electron chi connectivity index (χ4n) is 3.84. The van der Waals surface area contributed by atoms with E-state index in [4.69, 9.17) is 5.10 Å². The van der Waals surface area contributed by atoms with Crippen LogP contribution in [0.15, 0.2) is 53.7 Å². The molecule has 134 valence electrons. The highest BCUT2D eigenvalue weighted by molar-refractivity contribution is 5.88. The second kappa shape index (κ2) is 6.16. The van der Waals surface area contributed by atoms with Crippen LogP contribution in [0, 0.1) is 0 Å². The first kappa shape index (κ1) is 15.9. The molecule has 1 aliphatic heterocycles. The van der Waals surface area contributed by atoms with E-state index in [1.807, 2.05) is 36.4 Å². The lowest BCUT2D eigenvalue weighted by Crippen LogP contribution is -2.16. The number of aromatic nitrogens is 5. The first-order chi connectivity index (χ1) is 13.2. The van der Waals surface area contributed by atoms with E-state index < -0.39 is 0 Å². The SMILES string of the molecule is Cn1cnc2ccc(-c3c(-c4ccccn4)nn4c3CCCC4)cc2c1=O. The Kier molecular flexibility index (Phi) is 3.63. The first-order valence-corrected chi connectivity index (χ1v) is 9.19. The molecule has 4 aromatic rings. The second-order valence-corrected chi connectivity index (χ2v) is 6.96. The summed E-state index contributed by atoms with van der Waals surface area (Å²) in [7, 11) is 1.72. The molecule has 1 aromatic carbocycles. The monoisotopic (exact) mass is 357 g/mol. The molecule has 0 saturated heterocycles. The van der Waals surface area contributed by atoms with Gasteiger partial charge in [0.25, 0.3) is 5.56 Å². The average molecular weight is 357 g/mol. The molecular formula is C21H19N5O. The number of benzene rings is 1. The second-order valence-electron chi connectivity index (χ2n) is 6.96. The summed E-state index contributed by atoms with van der Waals surface area (Å²) in [5.74, 6) is 0. The van der Waals surface area contributed by atoms with E-state index in [0.29, 0.717) is 10.9 Å². The van der Waals surface area contributed by atoms with E-state index >= 15 is 0 Å². The molecule has 0 aliphatic carbocycles. The van der Waals surface area contributed by atoms with E-state index in [0.717, 1.165) is 48.3 Å². The van der Waals surface area contributed by atoms with E-state index in [-0.39, 0.29) is 5.56 Å². The molecule has 0 spiro atoms. The van der Waals surface area contributed by atoms with Crippen molar-refractivity contribution >= 4 is 10.9 Å². The van der Waals surface area contributed by atoms with Crippen molar-refractivity contribution in [3.05, 3.63) is 65.0 Å². The molecule has 1 aliphatic rings. The van der Waals surface area contributed by atoms with Crippen LogP contribution in [0.2, 0.25) is 0 Å². The first-order valence-electron chi connectivity index (χ1n) is 9.19. The Bertz CT molecular complexity index is 1210. The van der Waals surface area contributed by atoms with Crippen LogP contribution in [0.3, 0.4) is 0 Å². The summed E-state index contributed by atoms with van der Waals surface area (Å²) in [6, 6.07) is 11.8. The van der Waals surface area contributed by atoms with Crippen LogP contribution >= 0.6 is 0 Å². The number of pyridine rings is 1.